The molecule has 0 bridgehead atoms. The van der Waals surface area contributed by atoms with Gasteiger partial charge in [0.15, 0.2) is 0 Å². The van der Waals surface area contributed by atoms with Crippen LogP contribution in [0, 0.1) is 17.8 Å². The molecular formula is C22H26O8. The predicted molar refractivity (Wildman–Crippen MR) is 104 cm³/mol. The van der Waals surface area contributed by atoms with E-state index < -0.39 is 48.1 Å². The van der Waals surface area contributed by atoms with Gasteiger partial charge in [0.1, 0.15) is 24.6 Å². The van der Waals surface area contributed by atoms with Gasteiger partial charge in [-0.3, -0.25) is 4.79 Å². The van der Waals surface area contributed by atoms with Gasteiger partial charge in [0.05, 0.1) is 12.5 Å². The zero-order valence-corrected chi connectivity index (χ0v) is 17.3. The van der Waals surface area contributed by atoms with Crippen LogP contribution >= 0.6 is 0 Å². The first kappa shape index (κ1) is 22.0. The zero-order chi connectivity index (χ0) is 22.2. The number of hydrogen-bond acceptors (Lipinski definition) is 8. The van der Waals surface area contributed by atoms with E-state index in [9.17, 15) is 19.2 Å². The number of ether oxygens (including phenoxy) is 3. The fourth-order valence-electron chi connectivity index (χ4n) is 4.75. The molecule has 3 aliphatic rings. The van der Waals surface area contributed by atoms with Gasteiger partial charge in [-0.05, 0) is 49.8 Å². The number of carbonyl (C=O) groups excluding carboxylic acids is 4. The number of esters is 3. The maximum atomic E-state index is 12.5. The van der Waals surface area contributed by atoms with Crippen LogP contribution in [0.5, 0.6) is 0 Å². The molecular weight excluding hydrogens is 392 g/mol. The highest BCUT2D eigenvalue weighted by molar-refractivity contribution is 5.92. The summed E-state index contributed by atoms with van der Waals surface area (Å²) in [4.78, 5) is 48.3. The highest BCUT2D eigenvalue weighted by Gasteiger charge is 2.55. The first-order valence-electron chi connectivity index (χ1n) is 9.91. The highest BCUT2D eigenvalue weighted by atomic mass is 16.6. The van der Waals surface area contributed by atoms with Gasteiger partial charge in [-0.15, -0.1) is 0 Å². The second-order valence-corrected chi connectivity index (χ2v) is 8.00. The summed E-state index contributed by atoms with van der Waals surface area (Å²) in [5.74, 6) is -3.09. The van der Waals surface area contributed by atoms with E-state index in [-0.39, 0.29) is 30.1 Å². The van der Waals surface area contributed by atoms with E-state index in [4.69, 9.17) is 19.3 Å². The first-order valence-corrected chi connectivity index (χ1v) is 9.91. The quantitative estimate of drug-likeness (QED) is 0.234. The number of carbonyl (C=O) groups is 4. The van der Waals surface area contributed by atoms with Crippen LogP contribution in [0.15, 0.2) is 34.9 Å². The summed E-state index contributed by atoms with van der Waals surface area (Å²) in [5, 5.41) is 9.02. The van der Waals surface area contributed by atoms with Crippen molar-refractivity contribution >= 4 is 24.2 Å². The van der Waals surface area contributed by atoms with E-state index in [1.165, 1.54) is 19.9 Å². The number of aldehydes is 1. The van der Waals surface area contributed by atoms with Crippen LogP contribution in [-0.4, -0.2) is 54.2 Å². The van der Waals surface area contributed by atoms with Gasteiger partial charge in [-0.25, -0.2) is 9.59 Å². The minimum absolute atomic E-state index is 0.183. The fourth-order valence-corrected chi connectivity index (χ4v) is 4.75. The van der Waals surface area contributed by atoms with Crippen LogP contribution in [0.3, 0.4) is 0 Å². The molecule has 1 saturated heterocycles. The maximum absolute atomic E-state index is 12.5. The van der Waals surface area contributed by atoms with Gasteiger partial charge < -0.3 is 24.1 Å². The van der Waals surface area contributed by atoms with Crippen LogP contribution in [0.1, 0.15) is 33.6 Å². The third kappa shape index (κ3) is 3.84. The van der Waals surface area contributed by atoms with E-state index in [0.717, 1.165) is 17.4 Å². The van der Waals surface area contributed by atoms with Crippen LogP contribution in [0.25, 0.3) is 0 Å². The summed E-state index contributed by atoms with van der Waals surface area (Å²) < 4.78 is 16.7. The van der Waals surface area contributed by atoms with E-state index in [0.29, 0.717) is 6.42 Å². The van der Waals surface area contributed by atoms with Crippen molar-refractivity contribution in [3.8, 4) is 0 Å². The molecule has 1 N–H and O–H groups in total. The van der Waals surface area contributed by atoms with Crippen molar-refractivity contribution in [2.75, 3.05) is 6.61 Å². The molecule has 2 aliphatic carbocycles. The van der Waals surface area contributed by atoms with Gasteiger partial charge in [-0.1, -0.05) is 6.58 Å². The van der Waals surface area contributed by atoms with Crippen molar-refractivity contribution in [1.82, 2.24) is 0 Å². The van der Waals surface area contributed by atoms with E-state index in [2.05, 4.69) is 6.58 Å². The van der Waals surface area contributed by atoms with Gasteiger partial charge in [0.25, 0.3) is 0 Å². The third-order valence-electron chi connectivity index (χ3n) is 6.22. The van der Waals surface area contributed by atoms with Crippen molar-refractivity contribution < 1.29 is 38.5 Å². The molecule has 162 valence electrons. The molecule has 0 amide bonds. The molecule has 0 spiro atoms. The number of hydrogen-bond donors (Lipinski definition) is 1. The Morgan fingerprint density at radius 2 is 1.97 bits per heavy atom. The van der Waals surface area contributed by atoms with Crippen LogP contribution in [0.4, 0.5) is 0 Å². The Balaban J connectivity index is 2.02. The maximum Gasteiger partial charge on any atom is 0.334 e. The van der Waals surface area contributed by atoms with Crippen molar-refractivity contribution in [3.05, 3.63) is 34.9 Å². The third-order valence-corrected chi connectivity index (χ3v) is 6.22. The van der Waals surface area contributed by atoms with Crippen LogP contribution in [-0.2, 0) is 33.4 Å². The predicted octanol–water partition coefficient (Wildman–Crippen LogP) is 1.42. The molecule has 0 radical (unpaired) electrons. The summed E-state index contributed by atoms with van der Waals surface area (Å²) in [6, 6.07) is 0. The lowest BCUT2D eigenvalue weighted by molar-refractivity contribution is -0.149. The molecule has 2 fully saturated rings. The molecule has 0 aromatic heterocycles. The summed E-state index contributed by atoms with van der Waals surface area (Å²) in [7, 11) is 0. The Labute approximate surface area is 174 Å². The minimum Gasteiger partial charge on any atom is -0.458 e. The van der Waals surface area contributed by atoms with Gasteiger partial charge >= 0.3 is 17.9 Å². The lowest BCUT2D eigenvalue weighted by Gasteiger charge is -2.26. The second kappa shape index (κ2) is 8.55. The number of fused-ring (bicyclic) bond motifs is 3. The minimum atomic E-state index is -0.795. The normalized spacial score (nSPS) is 33.4. The average molecular weight is 418 g/mol. The number of rotatable bonds is 5. The van der Waals surface area contributed by atoms with Crippen molar-refractivity contribution in [1.29, 1.82) is 0 Å². The molecule has 8 heteroatoms. The molecule has 1 saturated carbocycles. The Morgan fingerprint density at radius 1 is 1.27 bits per heavy atom. The van der Waals surface area contributed by atoms with Gasteiger partial charge in [0.2, 0.25) is 0 Å². The monoisotopic (exact) mass is 418 g/mol. The molecule has 0 aromatic rings. The zero-order valence-electron chi connectivity index (χ0n) is 17.3. The van der Waals surface area contributed by atoms with Crippen LogP contribution < -0.4 is 0 Å². The smallest absolute Gasteiger partial charge is 0.334 e. The second-order valence-electron chi connectivity index (χ2n) is 8.00. The summed E-state index contributed by atoms with van der Waals surface area (Å²) in [6.07, 6.45) is 0.707. The molecule has 6 atom stereocenters. The summed E-state index contributed by atoms with van der Waals surface area (Å²) in [6.45, 7) is 8.17. The highest BCUT2D eigenvalue weighted by Crippen LogP contribution is 2.51. The molecule has 1 aliphatic heterocycles. The van der Waals surface area contributed by atoms with E-state index in [1.807, 2.05) is 0 Å². The SMILES string of the molecule is C=C1C(=O)O[C@H]2C3=C(C)[C@@H](OC(C)=O)CC3C(C=O)C[C@H](OC(=O)/C(C)=C/CO)C12. The topological polar surface area (TPSA) is 116 Å². The van der Waals surface area contributed by atoms with Crippen molar-refractivity contribution in [3.63, 3.8) is 0 Å². The van der Waals surface area contributed by atoms with Gasteiger partial charge in [-0.2, -0.15) is 0 Å². The molecule has 3 rings (SSSR count). The lowest BCUT2D eigenvalue weighted by atomic mass is 9.85. The van der Waals surface area contributed by atoms with Gasteiger partial charge in [0, 0.05) is 24.0 Å². The van der Waals surface area contributed by atoms with Crippen LogP contribution in [0.2, 0.25) is 0 Å². The fraction of sp³-hybridized carbons (Fsp3) is 0.545. The Hall–Kier alpha value is -2.74. The Kier molecular flexibility index (Phi) is 6.26. The molecule has 30 heavy (non-hydrogen) atoms. The van der Waals surface area contributed by atoms with Crippen molar-refractivity contribution in [2.45, 2.75) is 51.9 Å². The summed E-state index contributed by atoms with van der Waals surface area (Å²) >= 11 is 0. The van der Waals surface area contributed by atoms with E-state index >= 15 is 0 Å². The molecule has 8 nitrogen and oxygen atoms in total. The standard InChI is InChI=1S/C22H26O8/c1-10(5-6-23)21(26)29-17-7-14(9-24)15-8-16(28-13(4)25)11(2)18(15)20-19(17)12(3)22(27)30-20/h5,9,14-17,19-20,23H,3,6-8H2,1-2,4H3/b10-5+/t14?,15?,16-,17-,19?,20-/m0/s1. The Bertz CT molecular complexity index is 851. The number of aliphatic hydroxyl groups is 1. The first-order chi connectivity index (χ1) is 14.2. The lowest BCUT2D eigenvalue weighted by Crippen LogP contribution is -2.34. The molecule has 1 heterocycles. The Morgan fingerprint density at radius 3 is 2.57 bits per heavy atom. The molecule has 3 unspecified atom stereocenters. The molecule has 0 aromatic carbocycles. The summed E-state index contributed by atoms with van der Waals surface area (Å²) in [5.41, 5.74) is 1.91. The number of aliphatic hydroxyl groups excluding tert-OH is 1. The average Bonchev–Trinajstić information content (AvgIpc) is 3.10. The largest absolute Gasteiger partial charge is 0.458 e. The van der Waals surface area contributed by atoms with Crippen molar-refractivity contribution in [2.24, 2.45) is 17.8 Å². The van der Waals surface area contributed by atoms with E-state index in [1.54, 1.807) is 6.92 Å².